The molecule has 0 aliphatic carbocycles. The van der Waals surface area contributed by atoms with Crippen LogP contribution in [0.3, 0.4) is 0 Å². The second-order valence-electron chi connectivity index (χ2n) is 6.53. The molecule has 6 heteroatoms. The van der Waals surface area contributed by atoms with E-state index in [1.165, 1.54) is 12.1 Å². The van der Waals surface area contributed by atoms with E-state index in [2.05, 4.69) is 9.88 Å². The predicted octanol–water partition coefficient (Wildman–Crippen LogP) is 4.25. The highest BCUT2D eigenvalue weighted by Crippen LogP contribution is 2.21. The highest BCUT2D eigenvalue weighted by atomic mass is 19.1. The average molecular weight is 356 g/mol. The van der Waals surface area contributed by atoms with Crippen molar-refractivity contribution < 1.29 is 18.0 Å². The van der Waals surface area contributed by atoms with E-state index in [-0.39, 0.29) is 11.9 Å². The maximum absolute atomic E-state index is 13.1. The molecule has 0 amide bonds. The molecule has 26 heavy (non-hydrogen) atoms. The van der Waals surface area contributed by atoms with Crippen molar-refractivity contribution in [1.82, 2.24) is 9.88 Å². The van der Waals surface area contributed by atoms with E-state index in [4.69, 9.17) is 13.6 Å². The molecular formula is C20H21FN2O3. The Hall–Kier alpha value is -2.44. The molecule has 1 aliphatic heterocycles. The van der Waals surface area contributed by atoms with Crippen molar-refractivity contribution in [3.05, 3.63) is 66.2 Å². The van der Waals surface area contributed by atoms with Crippen LogP contribution in [-0.4, -0.2) is 29.1 Å². The molecule has 0 spiro atoms. The van der Waals surface area contributed by atoms with Crippen molar-refractivity contribution in [2.75, 3.05) is 13.2 Å². The second kappa shape index (κ2) is 7.85. The van der Waals surface area contributed by atoms with Crippen LogP contribution in [0.1, 0.15) is 24.3 Å². The molecule has 3 heterocycles. The van der Waals surface area contributed by atoms with Crippen molar-refractivity contribution >= 4 is 0 Å². The summed E-state index contributed by atoms with van der Waals surface area (Å²) >= 11 is 0. The van der Waals surface area contributed by atoms with Gasteiger partial charge >= 0.3 is 0 Å². The Morgan fingerprint density at radius 3 is 2.73 bits per heavy atom. The summed E-state index contributed by atoms with van der Waals surface area (Å²) < 4.78 is 29.9. The molecule has 5 nitrogen and oxygen atoms in total. The van der Waals surface area contributed by atoms with Gasteiger partial charge in [-0.1, -0.05) is 0 Å². The fraction of sp³-hybridized carbons (Fsp3) is 0.350. The Morgan fingerprint density at radius 2 is 2.00 bits per heavy atom. The quantitative estimate of drug-likeness (QED) is 0.633. The molecule has 1 aliphatic rings. The lowest BCUT2D eigenvalue weighted by Gasteiger charge is -2.23. The van der Waals surface area contributed by atoms with Gasteiger partial charge in [-0.25, -0.2) is 9.37 Å². The molecule has 0 saturated carbocycles. The topological polar surface area (TPSA) is 51.6 Å². The second-order valence-corrected chi connectivity index (χ2v) is 6.53. The number of nitrogens with zero attached hydrogens (tertiary/aromatic N) is 2. The molecule has 0 radical (unpaired) electrons. The first-order valence-corrected chi connectivity index (χ1v) is 8.83. The lowest BCUT2D eigenvalue weighted by atomic mass is 10.2. The van der Waals surface area contributed by atoms with Crippen LogP contribution < -0.4 is 0 Å². The number of rotatable bonds is 7. The maximum Gasteiger partial charge on any atom is 0.226 e. The third-order valence-electron chi connectivity index (χ3n) is 4.47. The molecule has 3 aromatic rings. The standard InChI is InChI=1S/C20H21FN2O3/c21-16-7-5-15(6-8-16)20-22-17(14-26-20)11-23(12-18-3-1-9-24-18)13-19-4-2-10-25-19/h1,3,5-9,14,19H,2,4,10-13H2. The van der Waals surface area contributed by atoms with Gasteiger partial charge in [0.15, 0.2) is 0 Å². The molecule has 1 atom stereocenters. The molecule has 1 fully saturated rings. The van der Waals surface area contributed by atoms with Crippen LogP contribution in [0.4, 0.5) is 4.39 Å². The van der Waals surface area contributed by atoms with Crippen molar-refractivity contribution in [3.63, 3.8) is 0 Å². The van der Waals surface area contributed by atoms with Crippen LogP contribution in [0.25, 0.3) is 11.5 Å². The zero-order chi connectivity index (χ0) is 17.8. The van der Waals surface area contributed by atoms with Crippen LogP contribution in [0.2, 0.25) is 0 Å². The third-order valence-corrected chi connectivity index (χ3v) is 4.47. The van der Waals surface area contributed by atoms with Crippen LogP contribution in [-0.2, 0) is 17.8 Å². The number of aromatic nitrogens is 1. The zero-order valence-electron chi connectivity index (χ0n) is 14.4. The van der Waals surface area contributed by atoms with Crippen molar-refractivity contribution in [2.24, 2.45) is 0 Å². The SMILES string of the molecule is Fc1ccc(-c2nc(CN(Cc3ccco3)CC3CCCO3)co2)cc1. The van der Waals surface area contributed by atoms with Crippen molar-refractivity contribution in [3.8, 4) is 11.5 Å². The van der Waals surface area contributed by atoms with E-state index >= 15 is 0 Å². The Balaban J connectivity index is 1.46. The summed E-state index contributed by atoms with van der Waals surface area (Å²) in [4.78, 5) is 6.80. The molecule has 2 aromatic heterocycles. The number of benzene rings is 1. The lowest BCUT2D eigenvalue weighted by Crippen LogP contribution is -2.31. The van der Waals surface area contributed by atoms with Crippen molar-refractivity contribution in [2.45, 2.75) is 32.0 Å². The Kier molecular flexibility index (Phi) is 5.13. The van der Waals surface area contributed by atoms with Gasteiger partial charge in [-0.2, -0.15) is 0 Å². The first kappa shape index (κ1) is 17.0. The Morgan fingerprint density at radius 1 is 1.12 bits per heavy atom. The first-order chi connectivity index (χ1) is 12.8. The number of hydrogen-bond donors (Lipinski definition) is 0. The first-order valence-electron chi connectivity index (χ1n) is 8.83. The average Bonchev–Trinajstić information content (AvgIpc) is 3.38. The predicted molar refractivity (Wildman–Crippen MR) is 93.7 cm³/mol. The lowest BCUT2D eigenvalue weighted by molar-refractivity contribution is 0.0650. The summed E-state index contributed by atoms with van der Waals surface area (Å²) in [6.45, 7) is 2.97. The van der Waals surface area contributed by atoms with Gasteiger partial charge < -0.3 is 13.6 Å². The fourth-order valence-corrected chi connectivity index (χ4v) is 3.22. The van der Waals surface area contributed by atoms with Gasteiger partial charge in [-0.05, 0) is 49.2 Å². The summed E-state index contributed by atoms with van der Waals surface area (Å²) in [6.07, 6.45) is 5.77. The molecule has 1 aromatic carbocycles. The summed E-state index contributed by atoms with van der Waals surface area (Å²) in [6, 6.07) is 9.99. The molecule has 4 rings (SSSR count). The van der Waals surface area contributed by atoms with Crippen LogP contribution >= 0.6 is 0 Å². The smallest absolute Gasteiger partial charge is 0.226 e. The van der Waals surface area contributed by atoms with Crippen LogP contribution in [0, 0.1) is 5.82 Å². The zero-order valence-corrected chi connectivity index (χ0v) is 14.4. The van der Waals surface area contributed by atoms with E-state index in [9.17, 15) is 4.39 Å². The van der Waals surface area contributed by atoms with E-state index in [1.807, 2.05) is 12.1 Å². The highest BCUT2D eigenvalue weighted by Gasteiger charge is 2.21. The number of hydrogen-bond acceptors (Lipinski definition) is 5. The fourth-order valence-electron chi connectivity index (χ4n) is 3.22. The third kappa shape index (κ3) is 4.20. The minimum Gasteiger partial charge on any atom is -0.468 e. The monoisotopic (exact) mass is 356 g/mol. The normalized spacial score (nSPS) is 17.2. The summed E-state index contributed by atoms with van der Waals surface area (Å²) in [5, 5.41) is 0. The number of furan rings is 1. The van der Waals surface area contributed by atoms with Gasteiger partial charge in [0.05, 0.1) is 24.6 Å². The number of ether oxygens (including phenoxy) is 1. The molecular weight excluding hydrogens is 335 g/mol. The number of oxazole rings is 1. The largest absolute Gasteiger partial charge is 0.468 e. The van der Waals surface area contributed by atoms with Crippen LogP contribution in [0.5, 0.6) is 0 Å². The van der Waals surface area contributed by atoms with Gasteiger partial charge in [0.25, 0.3) is 0 Å². The summed E-state index contributed by atoms with van der Waals surface area (Å²) in [7, 11) is 0. The highest BCUT2D eigenvalue weighted by molar-refractivity contribution is 5.52. The van der Waals surface area contributed by atoms with E-state index in [1.54, 1.807) is 24.7 Å². The van der Waals surface area contributed by atoms with E-state index < -0.39 is 0 Å². The van der Waals surface area contributed by atoms with Crippen molar-refractivity contribution in [1.29, 1.82) is 0 Å². The van der Waals surface area contributed by atoms with Gasteiger partial charge in [0.2, 0.25) is 5.89 Å². The van der Waals surface area contributed by atoms with Crippen LogP contribution in [0.15, 0.2) is 57.8 Å². The minimum absolute atomic E-state index is 0.244. The Bertz CT molecular complexity index is 808. The molecule has 136 valence electrons. The number of halogens is 1. The Labute approximate surface area is 151 Å². The van der Waals surface area contributed by atoms with Gasteiger partial charge in [0, 0.05) is 25.3 Å². The minimum atomic E-state index is -0.276. The molecule has 1 saturated heterocycles. The molecule has 0 bridgehead atoms. The van der Waals surface area contributed by atoms with E-state index in [0.717, 1.165) is 43.0 Å². The van der Waals surface area contributed by atoms with Gasteiger partial charge in [0.1, 0.15) is 17.8 Å². The summed E-state index contributed by atoms with van der Waals surface area (Å²) in [5.74, 6) is 1.13. The molecule has 0 N–H and O–H groups in total. The summed E-state index contributed by atoms with van der Waals surface area (Å²) in [5.41, 5.74) is 1.59. The van der Waals surface area contributed by atoms with Gasteiger partial charge in [-0.3, -0.25) is 4.90 Å². The maximum atomic E-state index is 13.1. The molecule has 1 unspecified atom stereocenters. The van der Waals surface area contributed by atoms with Gasteiger partial charge in [-0.15, -0.1) is 0 Å². The van der Waals surface area contributed by atoms with E-state index in [0.29, 0.717) is 19.0 Å².